The first kappa shape index (κ1) is 16.5. The lowest BCUT2D eigenvalue weighted by atomic mass is 10.1. The first-order valence-electron chi connectivity index (χ1n) is 5.99. The summed E-state index contributed by atoms with van der Waals surface area (Å²) in [5.41, 5.74) is 5.10. The number of alkyl halides is 2. The van der Waals surface area contributed by atoms with E-state index in [4.69, 9.17) is 4.74 Å². The van der Waals surface area contributed by atoms with Gasteiger partial charge in [-0.1, -0.05) is 36.2 Å². The molecule has 0 bridgehead atoms. The molecule has 0 unspecified atom stereocenters. The Labute approximate surface area is 140 Å². The Morgan fingerprint density at radius 2 is 2.06 bits per heavy atom. The Morgan fingerprint density at radius 1 is 1.33 bits per heavy atom. The molecule has 0 aliphatic heterocycles. The highest BCUT2D eigenvalue weighted by Crippen LogP contribution is 2.24. The molecule has 1 rings (SSSR count). The molecule has 0 N–H and O–H groups in total. The van der Waals surface area contributed by atoms with Gasteiger partial charge in [0.05, 0.1) is 9.52 Å². The molecule has 18 heavy (non-hydrogen) atoms. The lowest BCUT2D eigenvalue weighted by Gasteiger charge is -2.11. The van der Waals surface area contributed by atoms with E-state index in [-0.39, 0.29) is 2.12 Å². The lowest BCUT2D eigenvalue weighted by Crippen LogP contribution is -2.01. The molecule has 1 aromatic carbocycles. The predicted molar refractivity (Wildman–Crippen MR) is 97.2 cm³/mol. The van der Waals surface area contributed by atoms with Crippen molar-refractivity contribution in [2.75, 3.05) is 0 Å². The normalized spacial score (nSPS) is 10.5. The van der Waals surface area contributed by atoms with Crippen molar-refractivity contribution in [3.63, 3.8) is 0 Å². The number of halogens is 2. The number of aryl methyl sites for hydroxylation is 1. The summed E-state index contributed by atoms with van der Waals surface area (Å²) in [4.78, 5) is 0. The summed E-state index contributed by atoms with van der Waals surface area (Å²) in [5.74, 6) is 1.04. The minimum absolute atomic E-state index is 0.189. The molecule has 4 heteroatoms. The van der Waals surface area contributed by atoms with Crippen LogP contribution in [0.25, 0.3) is 0 Å². The topological polar surface area (TPSA) is 9.23 Å². The Kier molecular flexibility index (Phi) is 8.57. The molecule has 0 atom stereocenters. The molecule has 0 saturated heterocycles. The molecular formula is C14H18I2OSi. The number of hydrogen-bond donors (Lipinski definition) is 0. The largest absolute Gasteiger partial charge is 0.470 e. The first-order chi connectivity index (χ1) is 8.59. The van der Waals surface area contributed by atoms with Crippen molar-refractivity contribution in [3.05, 3.63) is 41.1 Å². The van der Waals surface area contributed by atoms with E-state index in [1.54, 1.807) is 0 Å². The van der Waals surface area contributed by atoms with Crippen LogP contribution in [-0.4, -0.2) is 11.6 Å². The van der Waals surface area contributed by atoms with E-state index in [0.717, 1.165) is 21.7 Å². The van der Waals surface area contributed by atoms with Gasteiger partial charge < -0.3 is 4.74 Å². The summed E-state index contributed by atoms with van der Waals surface area (Å²) in [6, 6.07) is 9.65. The molecule has 0 aromatic heterocycles. The molecule has 2 radical (unpaired) electrons. The standard InChI is InChI=1S/C14H18I2OSi/c1-11(2)10-18-9-5-7-12-6-3-4-8-13(12)17-14(15)16/h3-4,6,8,10,14H,5,7,9H2,1-2H3. The van der Waals surface area contributed by atoms with Crippen molar-refractivity contribution >= 4 is 54.7 Å². The lowest BCUT2D eigenvalue weighted by molar-refractivity contribution is 0.385. The number of rotatable bonds is 7. The smallest absolute Gasteiger partial charge is 0.199 e. The van der Waals surface area contributed by atoms with Crippen molar-refractivity contribution < 1.29 is 4.74 Å². The van der Waals surface area contributed by atoms with Gasteiger partial charge in [0.1, 0.15) is 5.75 Å². The summed E-state index contributed by atoms with van der Waals surface area (Å²) in [5, 5.41) is 0. The molecule has 0 heterocycles. The second-order valence-corrected chi connectivity index (χ2v) is 10.1. The highest BCUT2D eigenvalue weighted by atomic mass is 127. The SMILES string of the molecule is CC(C)=C[Si]CCCc1ccccc1OC(I)I. The highest BCUT2D eigenvalue weighted by molar-refractivity contribution is 14.2. The van der Waals surface area contributed by atoms with Gasteiger partial charge in [0.2, 0.25) is 0 Å². The van der Waals surface area contributed by atoms with E-state index in [0.29, 0.717) is 0 Å². The van der Waals surface area contributed by atoms with E-state index >= 15 is 0 Å². The maximum Gasteiger partial charge on any atom is 0.199 e. The van der Waals surface area contributed by atoms with Crippen molar-refractivity contribution in [1.82, 2.24) is 0 Å². The maximum absolute atomic E-state index is 5.80. The van der Waals surface area contributed by atoms with Crippen LogP contribution >= 0.6 is 45.2 Å². The Morgan fingerprint density at radius 3 is 2.72 bits per heavy atom. The third kappa shape index (κ3) is 7.13. The monoisotopic (exact) mass is 484 g/mol. The fourth-order valence-electron chi connectivity index (χ4n) is 1.58. The van der Waals surface area contributed by atoms with Crippen LogP contribution in [0.15, 0.2) is 35.5 Å². The van der Waals surface area contributed by atoms with Crippen LogP contribution in [0.3, 0.4) is 0 Å². The van der Waals surface area contributed by atoms with Crippen LogP contribution in [0, 0.1) is 0 Å². The predicted octanol–water partition coefficient (Wildman–Crippen LogP) is 5.20. The summed E-state index contributed by atoms with van der Waals surface area (Å²) in [6.45, 7) is 4.33. The Hall–Kier alpha value is 0.437. The summed E-state index contributed by atoms with van der Waals surface area (Å²) in [7, 11) is 0.951. The molecule has 0 amide bonds. The summed E-state index contributed by atoms with van der Waals surface area (Å²) < 4.78 is 5.99. The average molecular weight is 484 g/mol. The molecule has 1 nitrogen and oxygen atoms in total. The van der Waals surface area contributed by atoms with E-state index in [1.165, 1.54) is 23.6 Å². The van der Waals surface area contributed by atoms with E-state index in [9.17, 15) is 0 Å². The second kappa shape index (κ2) is 9.36. The van der Waals surface area contributed by atoms with Gasteiger partial charge in [0, 0.05) is 0 Å². The number of hydrogen-bond acceptors (Lipinski definition) is 1. The average Bonchev–Trinajstić information content (AvgIpc) is 2.29. The zero-order chi connectivity index (χ0) is 13.4. The quantitative estimate of drug-likeness (QED) is 0.224. The minimum atomic E-state index is 0.189. The van der Waals surface area contributed by atoms with Gasteiger partial charge in [-0.2, -0.15) is 0 Å². The fourth-order valence-corrected chi connectivity index (χ4v) is 3.06. The van der Waals surface area contributed by atoms with Crippen molar-refractivity contribution in [3.8, 4) is 5.75 Å². The summed E-state index contributed by atoms with van der Waals surface area (Å²) in [6.07, 6.45) is 2.34. The van der Waals surface area contributed by atoms with Gasteiger partial charge in [0.25, 0.3) is 0 Å². The minimum Gasteiger partial charge on any atom is -0.470 e. The molecule has 1 aromatic rings. The van der Waals surface area contributed by atoms with Crippen LogP contribution in [0.1, 0.15) is 25.8 Å². The van der Waals surface area contributed by atoms with Crippen molar-refractivity contribution in [2.45, 2.75) is 34.9 Å². The van der Waals surface area contributed by atoms with Crippen LogP contribution in [0.4, 0.5) is 0 Å². The van der Waals surface area contributed by atoms with Crippen LogP contribution in [0.5, 0.6) is 5.75 Å². The molecule has 0 aliphatic rings. The summed E-state index contributed by atoms with van der Waals surface area (Å²) >= 11 is 4.56. The number of benzene rings is 1. The first-order valence-corrected chi connectivity index (χ1v) is 9.76. The maximum atomic E-state index is 5.80. The number of ether oxygens (including phenoxy) is 1. The third-order valence-electron chi connectivity index (χ3n) is 2.35. The zero-order valence-electron chi connectivity index (χ0n) is 10.7. The molecule has 0 spiro atoms. The third-order valence-corrected chi connectivity index (χ3v) is 4.28. The molecule has 0 fully saturated rings. The van der Waals surface area contributed by atoms with E-state index in [2.05, 4.69) is 82.9 Å². The second-order valence-electron chi connectivity index (χ2n) is 4.27. The van der Waals surface area contributed by atoms with Gasteiger partial charge in [0.15, 0.2) is 2.12 Å². The Balaban J connectivity index is 2.44. The molecule has 98 valence electrons. The van der Waals surface area contributed by atoms with E-state index < -0.39 is 0 Å². The van der Waals surface area contributed by atoms with Gasteiger partial charge in [-0.05, 0) is 77.1 Å². The molecular weight excluding hydrogens is 466 g/mol. The van der Waals surface area contributed by atoms with Gasteiger partial charge in [-0.3, -0.25) is 0 Å². The fraction of sp³-hybridized carbons (Fsp3) is 0.429. The van der Waals surface area contributed by atoms with Crippen molar-refractivity contribution in [1.29, 1.82) is 0 Å². The van der Waals surface area contributed by atoms with Crippen LogP contribution in [-0.2, 0) is 6.42 Å². The highest BCUT2D eigenvalue weighted by Gasteiger charge is 2.05. The number of para-hydroxylation sites is 1. The molecule has 0 aliphatic carbocycles. The van der Waals surface area contributed by atoms with Crippen molar-refractivity contribution in [2.24, 2.45) is 0 Å². The molecule has 0 saturated carbocycles. The van der Waals surface area contributed by atoms with Gasteiger partial charge in [-0.25, -0.2) is 0 Å². The van der Waals surface area contributed by atoms with Crippen LogP contribution < -0.4 is 4.74 Å². The van der Waals surface area contributed by atoms with Crippen LogP contribution in [0.2, 0.25) is 6.04 Å². The Bertz CT molecular complexity index is 387. The van der Waals surface area contributed by atoms with Gasteiger partial charge in [-0.15, -0.1) is 5.70 Å². The number of allylic oxidation sites excluding steroid dienone is 1. The van der Waals surface area contributed by atoms with E-state index in [1.807, 2.05) is 6.07 Å². The van der Waals surface area contributed by atoms with Gasteiger partial charge >= 0.3 is 0 Å². The zero-order valence-corrected chi connectivity index (χ0v) is 16.1.